The largest absolute Gasteiger partial charge is 0.349 e. The Morgan fingerprint density at radius 3 is 2.58 bits per heavy atom. The zero-order valence-electron chi connectivity index (χ0n) is 11.8. The van der Waals surface area contributed by atoms with E-state index in [0.717, 1.165) is 17.1 Å². The third-order valence-electron chi connectivity index (χ3n) is 3.13. The van der Waals surface area contributed by atoms with Gasteiger partial charge in [-0.3, -0.25) is 9.69 Å². The van der Waals surface area contributed by atoms with Gasteiger partial charge in [0.1, 0.15) is 0 Å². The molecule has 0 saturated heterocycles. The van der Waals surface area contributed by atoms with E-state index in [0.29, 0.717) is 13.0 Å². The highest BCUT2D eigenvalue weighted by molar-refractivity contribution is 6.30. The molecule has 0 bridgehead atoms. The molecule has 1 unspecified atom stereocenters. The van der Waals surface area contributed by atoms with Gasteiger partial charge in [0.2, 0.25) is 5.91 Å². The number of rotatable bonds is 6. The van der Waals surface area contributed by atoms with E-state index in [4.69, 9.17) is 17.3 Å². The van der Waals surface area contributed by atoms with E-state index < -0.39 is 0 Å². The van der Waals surface area contributed by atoms with Crippen molar-refractivity contribution in [2.75, 3.05) is 27.7 Å². The van der Waals surface area contributed by atoms with Crippen LogP contribution < -0.4 is 5.73 Å². The molecule has 1 amide bonds. The molecule has 0 spiro atoms. The molecule has 0 radical (unpaired) electrons. The van der Waals surface area contributed by atoms with E-state index in [9.17, 15) is 4.79 Å². The van der Waals surface area contributed by atoms with Crippen LogP contribution in [0.4, 0.5) is 0 Å². The van der Waals surface area contributed by atoms with Gasteiger partial charge in [0.25, 0.3) is 0 Å². The molecule has 1 aromatic rings. The summed E-state index contributed by atoms with van der Waals surface area (Å²) in [5.74, 6) is 0.0911. The lowest BCUT2D eigenvalue weighted by Gasteiger charge is -2.27. The number of benzene rings is 1. The normalized spacial score (nSPS) is 12.5. The third kappa shape index (κ3) is 5.19. The fraction of sp³-hybridized carbons (Fsp3) is 0.500. The van der Waals surface area contributed by atoms with Crippen LogP contribution in [0, 0.1) is 0 Å². The second kappa shape index (κ2) is 7.48. The number of nitrogens with zero attached hydrogens (tertiary/aromatic N) is 2. The highest BCUT2D eigenvalue weighted by Crippen LogP contribution is 2.14. The molecule has 106 valence electrons. The standard InChI is InChI=1S/C14H22ClN3O/c1-17(2)14(19)8-13(9-16)18(3)10-11-5-4-6-12(15)7-11/h4-7,13H,8-10,16H2,1-3H3. The average molecular weight is 284 g/mol. The minimum Gasteiger partial charge on any atom is -0.349 e. The van der Waals surface area contributed by atoms with E-state index >= 15 is 0 Å². The van der Waals surface area contributed by atoms with E-state index in [2.05, 4.69) is 4.90 Å². The molecule has 1 atom stereocenters. The van der Waals surface area contributed by atoms with Crippen LogP contribution in [-0.2, 0) is 11.3 Å². The fourth-order valence-electron chi connectivity index (χ4n) is 1.86. The Bertz CT molecular complexity index is 423. The van der Waals surface area contributed by atoms with Crippen LogP contribution in [0.2, 0.25) is 5.02 Å². The highest BCUT2D eigenvalue weighted by Gasteiger charge is 2.18. The first kappa shape index (κ1) is 16.0. The summed E-state index contributed by atoms with van der Waals surface area (Å²) < 4.78 is 0. The van der Waals surface area contributed by atoms with Gasteiger partial charge in [0, 0.05) is 44.7 Å². The SMILES string of the molecule is CN(C)C(=O)CC(CN)N(C)Cc1cccc(Cl)c1. The van der Waals surface area contributed by atoms with Crippen LogP contribution in [0.25, 0.3) is 0 Å². The van der Waals surface area contributed by atoms with Crippen molar-refractivity contribution in [2.45, 2.75) is 19.0 Å². The van der Waals surface area contributed by atoms with Crippen molar-refractivity contribution in [3.05, 3.63) is 34.9 Å². The van der Waals surface area contributed by atoms with E-state index in [1.807, 2.05) is 31.3 Å². The summed E-state index contributed by atoms with van der Waals surface area (Å²) in [6, 6.07) is 7.76. The molecule has 2 N–H and O–H groups in total. The molecule has 4 nitrogen and oxygen atoms in total. The first-order valence-corrected chi connectivity index (χ1v) is 6.66. The number of amides is 1. The fourth-order valence-corrected chi connectivity index (χ4v) is 2.07. The summed E-state index contributed by atoms with van der Waals surface area (Å²) in [5.41, 5.74) is 6.88. The van der Waals surface area contributed by atoms with Gasteiger partial charge in [-0.25, -0.2) is 0 Å². The quantitative estimate of drug-likeness (QED) is 0.862. The predicted molar refractivity (Wildman–Crippen MR) is 79.1 cm³/mol. The minimum absolute atomic E-state index is 0.0360. The Kier molecular flexibility index (Phi) is 6.28. The van der Waals surface area contributed by atoms with E-state index in [-0.39, 0.29) is 11.9 Å². The number of nitrogens with two attached hydrogens (primary N) is 1. The van der Waals surface area contributed by atoms with Gasteiger partial charge in [0.15, 0.2) is 0 Å². The van der Waals surface area contributed by atoms with Crippen molar-refractivity contribution in [3.8, 4) is 0 Å². The number of carbonyl (C=O) groups excluding carboxylic acids is 1. The van der Waals surface area contributed by atoms with E-state index in [1.54, 1.807) is 19.0 Å². The zero-order chi connectivity index (χ0) is 14.4. The van der Waals surface area contributed by atoms with Gasteiger partial charge >= 0.3 is 0 Å². The van der Waals surface area contributed by atoms with Crippen LogP contribution in [0.1, 0.15) is 12.0 Å². The van der Waals surface area contributed by atoms with Crippen LogP contribution in [0.5, 0.6) is 0 Å². The van der Waals surface area contributed by atoms with Crippen molar-refractivity contribution in [3.63, 3.8) is 0 Å². The number of halogens is 1. The van der Waals surface area contributed by atoms with Crippen molar-refractivity contribution in [1.82, 2.24) is 9.80 Å². The minimum atomic E-state index is 0.0360. The van der Waals surface area contributed by atoms with Gasteiger partial charge < -0.3 is 10.6 Å². The van der Waals surface area contributed by atoms with Gasteiger partial charge in [-0.1, -0.05) is 23.7 Å². The lowest BCUT2D eigenvalue weighted by atomic mass is 10.1. The van der Waals surface area contributed by atoms with Crippen LogP contribution >= 0.6 is 11.6 Å². The molecule has 0 saturated carbocycles. The van der Waals surface area contributed by atoms with Crippen LogP contribution in [0.15, 0.2) is 24.3 Å². The van der Waals surface area contributed by atoms with Crippen molar-refractivity contribution < 1.29 is 4.79 Å². The van der Waals surface area contributed by atoms with Gasteiger partial charge in [-0.15, -0.1) is 0 Å². The van der Waals surface area contributed by atoms with Gasteiger partial charge in [0.05, 0.1) is 0 Å². The maximum absolute atomic E-state index is 11.7. The molecule has 0 heterocycles. The number of likely N-dealkylation sites (N-methyl/N-ethyl adjacent to an activating group) is 1. The molecule has 1 rings (SSSR count). The highest BCUT2D eigenvalue weighted by atomic mass is 35.5. The molecular formula is C14H22ClN3O. The molecule has 19 heavy (non-hydrogen) atoms. The maximum Gasteiger partial charge on any atom is 0.223 e. The summed E-state index contributed by atoms with van der Waals surface area (Å²) in [6.07, 6.45) is 0.431. The molecule has 0 aliphatic carbocycles. The molecule has 0 aromatic heterocycles. The van der Waals surface area contributed by atoms with E-state index in [1.165, 1.54) is 0 Å². The van der Waals surface area contributed by atoms with Crippen LogP contribution in [0.3, 0.4) is 0 Å². The summed E-state index contributed by atoms with van der Waals surface area (Å²) in [7, 11) is 5.49. The third-order valence-corrected chi connectivity index (χ3v) is 3.36. The molecule has 0 fully saturated rings. The lowest BCUT2D eigenvalue weighted by molar-refractivity contribution is -0.129. The second-order valence-electron chi connectivity index (χ2n) is 4.93. The summed E-state index contributed by atoms with van der Waals surface area (Å²) >= 11 is 5.96. The number of carbonyl (C=O) groups is 1. The Morgan fingerprint density at radius 2 is 2.05 bits per heavy atom. The first-order chi connectivity index (χ1) is 8.93. The predicted octanol–water partition coefficient (Wildman–Crippen LogP) is 1.58. The van der Waals surface area contributed by atoms with Crippen molar-refractivity contribution in [2.24, 2.45) is 5.73 Å². The molecule has 0 aliphatic rings. The molecule has 5 heteroatoms. The zero-order valence-corrected chi connectivity index (χ0v) is 12.5. The Morgan fingerprint density at radius 1 is 1.37 bits per heavy atom. The van der Waals surface area contributed by atoms with Crippen LogP contribution in [-0.4, -0.2) is 49.4 Å². The number of hydrogen-bond donors (Lipinski definition) is 1. The first-order valence-electron chi connectivity index (χ1n) is 6.29. The average Bonchev–Trinajstić information content (AvgIpc) is 2.35. The second-order valence-corrected chi connectivity index (χ2v) is 5.36. The Hall–Kier alpha value is -1.10. The summed E-state index contributed by atoms with van der Waals surface area (Å²) in [5, 5.41) is 0.722. The Balaban J connectivity index is 2.63. The summed E-state index contributed by atoms with van der Waals surface area (Å²) in [6.45, 7) is 1.18. The van der Waals surface area contributed by atoms with Gasteiger partial charge in [-0.2, -0.15) is 0 Å². The van der Waals surface area contributed by atoms with Crippen molar-refractivity contribution in [1.29, 1.82) is 0 Å². The molecule has 1 aromatic carbocycles. The lowest BCUT2D eigenvalue weighted by Crippen LogP contribution is -2.41. The number of hydrogen-bond acceptors (Lipinski definition) is 3. The van der Waals surface area contributed by atoms with Crippen molar-refractivity contribution >= 4 is 17.5 Å². The monoisotopic (exact) mass is 283 g/mol. The Labute approximate surface area is 120 Å². The van der Waals surface area contributed by atoms with Gasteiger partial charge in [-0.05, 0) is 24.7 Å². The molecule has 0 aliphatic heterocycles. The molecular weight excluding hydrogens is 262 g/mol. The summed E-state index contributed by atoms with van der Waals surface area (Å²) in [4.78, 5) is 15.4. The smallest absolute Gasteiger partial charge is 0.223 e. The maximum atomic E-state index is 11.7. The topological polar surface area (TPSA) is 49.6 Å².